The molecule has 6 nitrogen and oxygen atoms in total. The Bertz CT molecular complexity index is 587. The Morgan fingerprint density at radius 1 is 1.44 bits per heavy atom. The van der Waals surface area contributed by atoms with Crippen LogP contribution in [-0.2, 0) is 0 Å². The maximum absolute atomic E-state index is 10.9. The third-order valence-corrected chi connectivity index (χ3v) is 3.28. The zero-order valence-electron chi connectivity index (χ0n) is 9.83. The van der Waals surface area contributed by atoms with Crippen LogP contribution in [0.1, 0.15) is 36.2 Å². The largest absolute Gasteiger partial charge is 0.476 e. The highest BCUT2D eigenvalue weighted by atomic mass is 16.4. The number of hydrogen-bond acceptors (Lipinski definition) is 4. The van der Waals surface area contributed by atoms with Gasteiger partial charge in [-0.25, -0.2) is 9.78 Å². The van der Waals surface area contributed by atoms with E-state index in [1.54, 1.807) is 10.7 Å². The van der Waals surface area contributed by atoms with E-state index in [-0.39, 0.29) is 5.69 Å². The molecule has 1 fully saturated rings. The van der Waals surface area contributed by atoms with Crippen molar-refractivity contribution in [3.8, 4) is 0 Å². The van der Waals surface area contributed by atoms with Gasteiger partial charge in [-0.1, -0.05) is 12.8 Å². The molecule has 2 N–H and O–H groups in total. The molecule has 18 heavy (non-hydrogen) atoms. The highest BCUT2D eigenvalue weighted by Gasteiger charge is 2.17. The number of anilines is 1. The fourth-order valence-electron chi connectivity index (χ4n) is 2.39. The molecule has 0 amide bonds. The van der Waals surface area contributed by atoms with Crippen molar-refractivity contribution in [2.24, 2.45) is 0 Å². The summed E-state index contributed by atoms with van der Waals surface area (Å²) >= 11 is 0. The monoisotopic (exact) mass is 246 g/mol. The second-order valence-electron chi connectivity index (χ2n) is 4.56. The van der Waals surface area contributed by atoms with Crippen molar-refractivity contribution in [3.05, 3.63) is 24.0 Å². The lowest BCUT2D eigenvalue weighted by Crippen LogP contribution is -2.17. The van der Waals surface area contributed by atoms with Crippen LogP contribution < -0.4 is 5.32 Å². The van der Waals surface area contributed by atoms with Gasteiger partial charge in [-0.05, 0) is 18.9 Å². The predicted octanol–water partition coefficient (Wildman–Crippen LogP) is 1.78. The van der Waals surface area contributed by atoms with Gasteiger partial charge < -0.3 is 10.4 Å². The van der Waals surface area contributed by atoms with Gasteiger partial charge in [-0.3, -0.25) is 0 Å². The number of fused-ring (bicyclic) bond motifs is 1. The topological polar surface area (TPSA) is 79.5 Å². The lowest BCUT2D eigenvalue weighted by Gasteiger charge is -2.13. The second kappa shape index (κ2) is 4.29. The van der Waals surface area contributed by atoms with E-state index in [1.165, 1.54) is 18.9 Å². The summed E-state index contributed by atoms with van der Waals surface area (Å²) in [5.74, 6) is -0.230. The molecule has 0 atom stereocenters. The lowest BCUT2D eigenvalue weighted by molar-refractivity contribution is 0.0690. The van der Waals surface area contributed by atoms with E-state index in [9.17, 15) is 4.79 Å². The Morgan fingerprint density at radius 2 is 2.22 bits per heavy atom. The van der Waals surface area contributed by atoms with Gasteiger partial charge in [0.25, 0.3) is 0 Å². The number of rotatable bonds is 3. The third-order valence-electron chi connectivity index (χ3n) is 3.28. The molecule has 1 saturated carbocycles. The van der Waals surface area contributed by atoms with Crippen molar-refractivity contribution in [3.63, 3.8) is 0 Å². The number of aromatic carboxylic acids is 1. The summed E-state index contributed by atoms with van der Waals surface area (Å²) in [4.78, 5) is 15.0. The fraction of sp³-hybridized carbons (Fsp3) is 0.417. The van der Waals surface area contributed by atoms with E-state index >= 15 is 0 Å². The molecule has 0 aromatic carbocycles. The van der Waals surface area contributed by atoms with Gasteiger partial charge in [-0.2, -0.15) is 9.61 Å². The minimum absolute atomic E-state index is 0.0168. The van der Waals surface area contributed by atoms with Crippen molar-refractivity contribution >= 4 is 17.4 Å². The van der Waals surface area contributed by atoms with E-state index in [1.807, 2.05) is 6.07 Å². The van der Waals surface area contributed by atoms with Gasteiger partial charge in [0.15, 0.2) is 11.3 Å². The molecule has 1 aliphatic carbocycles. The van der Waals surface area contributed by atoms with Crippen LogP contribution in [0.2, 0.25) is 0 Å². The number of aromatic nitrogens is 3. The Balaban J connectivity index is 1.97. The first kappa shape index (κ1) is 11.0. The van der Waals surface area contributed by atoms with Crippen molar-refractivity contribution in [1.29, 1.82) is 0 Å². The van der Waals surface area contributed by atoms with Crippen molar-refractivity contribution < 1.29 is 9.90 Å². The quantitative estimate of drug-likeness (QED) is 0.863. The lowest BCUT2D eigenvalue weighted by atomic mass is 10.2. The molecule has 0 unspecified atom stereocenters. The highest BCUT2D eigenvalue weighted by molar-refractivity contribution is 5.86. The molecule has 0 spiro atoms. The normalized spacial score (nSPS) is 16.2. The van der Waals surface area contributed by atoms with Crippen molar-refractivity contribution in [2.75, 3.05) is 5.32 Å². The number of nitrogens with zero attached hydrogens (tertiary/aromatic N) is 3. The Labute approximate surface area is 104 Å². The molecule has 2 aromatic heterocycles. The van der Waals surface area contributed by atoms with Crippen LogP contribution in [0.3, 0.4) is 0 Å². The van der Waals surface area contributed by atoms with Gasteiger partial charge in [0.05, 0.1) is 0 Å². The van der Waals surface area contributed by atoms with E-state index in [0.29, 0.717) is 11.7 Å². The molecule has 0 aliphatic heterocycles. The second-order valence-corrected chi connectivity index (χ2v) is 4.56. The molecule has 0 bridgehead atoms. The van der Waals surface area contributed by atoms with Gasteiger partial charge in [0.1, 0.15) is 5.82 Å². The summed E-state index contributed by atoms with van der Waals surface area (Å²) in [6.45, 7) is 0. The minimum Gasteiger partial charge on any atom is -0.476 e. The van der Waals surface area contributed by atoms with Crippen LogP contribution >= 0.6 is 0 Å². The Kier molecular flexibility index (Phi) is 2.62. The smallest absolute Gasteiger partial charge is 0.356 e. The van der Waals surface area contributed by atoms with Crippen molar-refractivity contribution in [1.82, 2.24) is 14.6 Å². The van der Waals surface area contributed by atoms with Crippen molar-refractivity contribution in [2.45, 2.75) is 31.7 Å². The minimum atomic E-state index is -1.03. The van der Waals surface area contributed by atoms with E-state index < -0.39 is 5.97 Å². The first-order valence-electron chi connectivity index (χ1n) is 6.08. The summed E-state index contributed by atoms with van der Waals surface area (Å²) in [5.41, 5.74) is 0.568. The van der Waals surface area contributed by atoms with Crippen LogP contribution in [0.25, 0.3) is 5.65 Å². The fourth-order valence-corrected chi connectivity index (χ4v) is 2.39. The maximum atomic E-state index is 10.9. The standard InChI is InChI=1S/C12H14N4O2/c17-12(18)9-7-11-13-6-5-10(16(11)15-9)14-8-3-1-2-4-8/h5-8,14H,1-4H2,(H,17,18). The molecule has 0 radical (unpaired) electrons. The molecule has 0 saturated heterocycles. The third kappa shape index (κ3) is 1.90. The number of carbonyl (C=O) groups is 1. The molecule has 1 aliphatic rings. The van der Waals surface area contributed by atoms with Crippen LogP contribution in [0.5, 0.6) is 0 Å². The molecule has 2 heterocycles. The van der Waals surface area contributed by atoms with Crippen LogP contribution in [0, 0.1) is 0 Å². The van der Waals surface area contributed by atoms with Crippen LogP contribution in [0.15, 0.2) is 18.3 Å². The van der Waals surface area contributed by atoms with E-state index in [0.717, 1.165) is 18.7 Å². The number of nitrogens with one attached hydrogen (secondary N) is 1. The summed E-state index contributed by atoms with van der Waals surface area (Å²) in [7, 11) is 0. The number of carboxylic acid groups (broad SMARTS) is 1. The SMILES string of the molecule is O=C(O)c1cc2nccc(NC3CCCC3)n2n1. The summed E-state index contributed by atoms with van der Waals surface area (Å²) in [6, 6.07) is 3.75. The highest BCUT2D eigenvalue weighted by Crippen LogP contribution is 2.22. The van der Waals surface area contributed by atoms with Crippen LogP contribution in [-0.4, -0.2) is 31.7 Å². The zero-order chi connectivity index (χ0) is 12.5. The van der Waals surface area contributed by atoms with Gasteiger partial charge in [0, 0.05) is 18.3 Å². The summed E-state index contributed by atoms with van der Waals surface area (Å²) in [5, 5.41) is 16.4. The van der Waals surface area contributed by atoms with E-state index in [2.05, 4.69) is 15.4 Å². The average Bonchev–Trinajstić information content (AvgIpc) is 2.97. The van der Waals surface area contributed by atoms with E-state index in [4.69, 9.17) is 5.11 Å². The zero-order valence-corrected chi connectivity index (χ0v) is 9.83. The maximum Gasteiger partial charge on any atom is 0.356 e. The molecule has 6 heteroatoms. The molecule has 94 valence electrons. The van der Waals surface area contributed by atoms with Gasteiger partial charge in [0.2, 0.25) is 0 Å². The Morgan fingerprint density at radius 3 is 2.94 bits per heavy atom. The summed E-state index contributed by atoms with van der Waals surface area (Å²) in [6.07, 6.45) is 6.45. The van der Waals surface area contributed by atoms with Gasteiger partial charge in [-0.15, -0.1) is 0 Å². The number of hydrogen-bond donors (Lipinski definition) is 2. The Hall–Kier alpha value is -2.11. The predicted molar refractivity (Wildman–Crippen MR) is 65.8 cm³/mol. The first-order chi connectivity index (χ1) is 8.74. The molecular weight excluding hydrogens is 232 g/mol. The molecule has 3 rings (SSSR count). The first-order valence-corrected chi connectivity index (χ1v) is 6.08. The van der Waals surface area contributed by atoms with Gasteiger partial charge >= 0.3 is 5.97 Å². The molecular formula is C12H14N4O2. The molecule has 2 aromatic rings. The average molecular weight is 246 g/mol. The van der Waals surface area contributed by atoms with Crippen LogP contribution in [0.4, 0.5) is 5.82 Å². The number of carboxylic acids is 1. The summed E-state index contributed by atoms with van der Waals surface area (Å²) < 4.78 is 1.56.